The van der Waals surface area contributed by atoms with E-state index in [0.717, 1.165) is 49.5 Å². The highest BCUT2D eigenvalue weighted by molar-refractivity contribution is 7.98. The fourth-order valence-corrected chi connectivity index (χ4v) is 3.67. The summed E-state index contributed by atoms with van der Waals surface area (Å²) in [6.45, 7) is 4.47. The number of amides is 1. The summed E-state index contributed by atoms with van der Waals surface area (Å²) in [6, 6.07) is 8.25. The summed E-state index contributed by atoms with van der Waals surface area (Å²) in [5.41, 5.74) is 1.95. The number of carbonyl (C=O) groups is 1. The van der Waals surface area contributed by atoms with Gasteiger partial charge in [-0.15, -0.1) is 11.8 Å². The fourth-order valence-electron chi connectivity index (χ4n) is 3.26. The van der Waals surface area contributed by atoms with Crippen molar-refractivity contribution in [2.45, 2.75) is 31.2 Å². The van der Waals surface area contributed by atoms with Crippen molar-refractivity contribution >= 4 is 17.7 Å². The molecule has 2 heterocycles. The number of benzene rings is 1. The molecule has 0 saturated carbocycles. The summed E-state index contributed by atoms with van der Waals surface area (Å²) < 4.78 is 5.89. The zero-order chi connectivity index (χ0) is 17.8. The summed E-state index contributed by atoms with van der Waals surface area (Å²) in [6.07, 6.45) is 4.06. The number of carbonyl (C=O) groups excluding carboxylic acids is 1. The van der Waals surface area contributed by atoms with Crippen LogP contribution in [0.4, 0.5) is 0 Å². The minimum atomic E-state index is 0.0736. The Morgan fingerprint density at radius 3 is 2.84 bits per heavy atom. The van der Waals surface area contributed by atoms with Crippen LogP contribution in [0.1, 0.15) is 24.3 Å². The zero-order valence-corrected chi connectivity index (χ0v) is 15.9. The number of hydrogen-bond acceptors (Lipinski definition) is 5. The van der Waals surface area contributed by atoms with E-state index in [4.69, 9.17) is 9.40 Å². The molecule has 5 nitrogen and oxygen atoms in total. The molecule has 1 fully saturated rings. The molecule has 134 valence electrons. The van der Waals surface area contributed by atoms with Gasteiger partial charge in [-0.05, 0) is 56.8 Å². The molecule has 1 aliphatic rings. The van der Waals surface area contributed by atoms with Crippen molar-refractivity contribution in [3.05, 3.63) is 35.7 Å². The normalized spacial score (nSPS) is 18.3. The van der Waals surface area contributed by atoms with Gasteiger partial charge in [-0.3, -0.25) is 9.69 Å². The molecule has 1 atom stereocenters. The molecular weight excluding hydrogens is 334 g/mol. The van der Waals surface area contributed by atoms with Crippen LogP contribution >= 0.6 is 11.8 Å². The molecule has 3 rings (SSSR count). The van der Waals surface area contributed by atoms with Crippen LogP contribution in [0, 0.1) is 12.8 Å². The molecule has 0 radical (unpaired) electrons. The van der Waals surface area contributed by atoms with Crippen molar-refractivity contribution in [3.8, 4) is 11.5 Å². The summed E-state index contributed by atoms with van der Waals surface area (Å²) in [4.78, 5) is 20.1. The quantitative estimate of drug-likeness (QED) is 0.830. The Balaban J connectivity index is 1.70. The minimum Gasteiger partial charge on any atom is -0.441 e. The van der Waals surface area contributed by atoms with Gasteiger partial charge in [-0.2, -0.15) is 0 Å². The topological polar surface area (TPSA) is 58.4 Å². The molecule has 0 spiro atoms. The Labute approximate surface area is 153 Å². The maximum atomic E-state index is 11.9. The molecule has 1 saturated heterocycles. The number of piperidine rings is 1. The van der Waals surface area contributed by atoms with E-state index < -0.39 is 0 Å². The van der Waals surface area contributed by atoms with Crippen molar-refractivity contribution in [3.63, 3.8) is 0 Å². The van der Waals surface area contributed by atoms with E-state index in [-0.39, 0.29) is 11.8 Å². The predicted molar refractivity (Wildman–Crippen MR) is 101 cm³/mol. The predicted octanol–water partition coefficient (Wildman–Crippen LogP) is 3.33. The van der Waals surface area contributed by atoms with Gasteiger partial charge in [0.05, 0.1) is 11.6 Å². The molecule has 6 heteroatoms. The van der Waals surface area contributed by atoms with Crippen LogP contribution in [0.3, 0.4) is 0 Å². The van der Waals surface area contributed by atoms with Gasteiger partial charge in [-0.1, -0.05) is 0 Å². The third-order valence-electron chi connectivity index (χ3n) is 4.73. The van der Waals surface area contributed by atoms with Crippen molar-refractivity contribution in [2.75, 3.05) is 26.4 Å². The van der Waals surface area contributed by atoms with Gasteiger partial charge in [-0.25, -0.2) is 4.98 Å². The average Bonchev–Trinajstić information content (AvgIpc) is 3.02. The number of nitrogens with zero attached hydrogens (tertiary/aromatic N) is 2. The molecule has 0 unspecified atom stereocenters. The van der Waals surface area contributed by atoms with Gasteiger partial charge in [0.1, 0.15) is 5.76 Å². The SMILES string of the molecule is CNC(=O)[C@@H]1CCCN(Cc2nc(-c3ccc(SC)cc3)oc2C)C1. The molecule has 1 amide bonds. The number of hydrogen-bond donors (Lipinski definition) is 1. The van der Waals surface area contributed by atoms with E-state index in [2.05, 4.69) is 28.6 Å². The third-order valence-corrected chi connectivity index (χ3v) is 5.47. The van der Waals surface area contributed by atoms with Gasteiger partial charge < -0.3 is 9.73 Å². The summed E-state index contributed by atoms with van der Waals surface area (Å²) >= 11 is 1.72. The number of oxazole rings is 1. The van der Waals surface area contributed by atoms with Crippen molar-refractivity contribution in [2.24, 2.45) is 5.92 Å². The maximum absolute atomic E-state index is 11.9. The number of rotatable bonds is 5. The van der Waals surface area contributed by atoms with Gasteiger partial charge in [0.25, 0.3) is 0 Å². The van der Waals surface area contributed by atoms with Crippen LogP contribution in [-0.4, -0.2) is 42.2 Å². The molecular formula is C19H25N3O2S. The van der Waals surface area contributed by atoms with Crippen molar-refractivity contribution < 1.29 is 9.21 Å². The molecule has 0 bridgehead atoms. The fraction of sp³-hybridized carbons (Fsp3) is 0.474. The highest BCUT2D eigenvalue weighted by Gasteiger charge is 2.26. The van der Waals surface area contributed by atoms with Crippen LogP contribution in [0.25, 0.3) is 11.5 Å². The molecule has 1 N–H and O–H groups in total. The van der Waals surface area contributed by atoms with Crippen LogP contribution in [-0.2, 0) is 11.3 Å². The van der Waals surface area contributed by atoms with Gasteiger partial charge in [0.15, 0.2) is 0 Å². The Morgan fingerprint density at radius 2 is 2.16 bits per heavy atom. The average molecular weight is 359 g/mol. The zero-order valence-electron chi connectivity index (χ0n) is 15.0. The first kappa shape index (κ1) is 18.0. The molecule has 2 aromatic rings. The van der Waals surface area contributed by atoms with Gasteiger partial charge in [0, 0.05) is 30.6 Å². The number of nitrogens with one attached hydrogen (secondary N) is 1. The van der Waals surface area contributed by atoms with E-state index in [9.17, 15) is 4.79 Å². The second-order valence-corrected chi connectivity index (χ2v) is 7.32. The molecule has 0 aliphatic carbocycles. The lowest BCUT2D eigenvalue weighted by molar-refractivity contribution is -0.126. The van der Waals surface area contributed by atoms with E-state index in [1.807, 2.05) is 19.1 Å². The van der Waals surface area contributed by atoms with E-state index in [0.29, 0.717) is 5.89 Å². The highest BCUT2D eigenvalue weighted by Crippen LogP contribution is 2.26. The molecule has 1 aliphatic heterocycles. The van der Waals surface area contributed by atoms with Crippen molar-refractivity contribution in [1.82, 2.24) is 15.2 Å². The Bertz CT molecular complexity index is 727. The lowest BCUT2D eigenvalue weighted by Crippen LogP contribution is -2.41. The summed E-state index contributed by atoms with van der Waals surface area (Å²) in [5, 5.41) is 2.76. The Hall–Kier alpha value is -1.79. The van der Waals surface area contributed by atoms with Crippen LogP contribution in [0.5, 0.6) is 0 Å². The first-order chi connectivity index (χ1) is 12.1. The van der Waals surface area contributed by atoms with E-state index in [1.54, 1.807) is 18.8 Å². The molecule has 25 heavy (non-hydrogen) atoms. The summed E-state index contributed by atoms with van der Waals surface area (Å²) in [7, 11) is 1.71. The minimum absolute atomic E-state index is 0.0736. The molecule has 1 aromatic heterocycles. The number of thioether (sulfide) groups is 1. The second-order valence-electron chi connectivity index (χ2n) is 6.44. The third kappa shape index (κ3) is 4.25. The molecule has 1 aromatic carbocycles. The largest absolute Gasteiger partial charge is 0.441 e. The van der Waals surface area contributed by atoms with E-state index in [1.165, 1.54) is 4.90 Å². The lowest BCUT2D eigenvalue weighted by Gasteiger charge is -2.31. The Kier molecular flexibility index (Phi) is 5.81. The maximum Gasteiger partial charge on any atom is 0.226 e. The number of aromatic nitrogens is 1. The van der Waals surface area contributed by atoms with Gasteiger partial charge in [0.2, 0.25) is 11.8 Å². The van der Waals surface area contributed by atoms with Crippen LogP contribution in [0.15, 0.2) is 33.6 Å². The smallest absolute Gasteiger partial charge is 0.226 e. The van der Waals surface area contributed by atoms with Crippen molar-refractivity contribution in [1.29, 1.82) is 0 Å². The Morgan fingerprint density at radius 1 is 1.40 bits per heavy atom. The van der Waals surface area contributed by atoms with Crippen LogP contribution in [0.2, 0.25) is 0 Å². The number of likely N-dealkylation sites (tertiary alicyclic amines) is 1. The second kappa shape index (κ2) is 8.06. The standard InChI is InChI=1S/C19H25N3O2S/c1-13-17(12-22-10-4-5-15(11-22)18(23)20-2)21-19(24-13)14-6-8-16(25-3)9-7-14/h6-9,15H,4-5,10-12H2,1-3H3,(H,20,23)/t15-/m1/s1. The van der Waals surface area contributed by atoms with E-state index >= 15 is 0 Å². The highest BCUT2D eigenvalue weighted by atomic mass is 32.2. The lowest BCUT2D eigenvalue weighted by atomic mass is 9.97. The first-order valence-electron chi connectivity index (χ1n) is 8.65. The number of aryl methyl sites for hydroxylation is 1. The van der Waals surface area contributed by atoms with Crippen LogP contribution < -0.4 is 5.32 Å². The monoisotopic (exact) mass is 359 g/mol. The summed E-state index contributed by atoms with van der Waals surface area (Å²) in [5.74, 6) is 1.73. The van der Waals surface area contributed by atoms with Gasteiger partial charge >= 0.3 is 0 Å². The first-order valence-corrected chi connectivity index (χ1v) is 9.88.